The van der Waals surface area contributed by atoms with E-state index in [1.807, 2.05) is 42.5 Å². The number of hydrogen-bond acceptors (Lipinski definition) is 4. The fraction of sp³-hybridized carbons (Fsp3) is 0.0435. The van der Waals surface area contributed by atoms with Crippen LogP contribution in [0.4, 0.5) is 0 Å². The van der Waals surface area contributed by atoms with Crippen LogP contribution in [-0.2, 0) is 6.54 Å². The predicted molar refractivity (Wildman–Crippen MR) is 104 cm³/mol. The number of Topliss-reactive ketones (excluding diaryl/α,β-unsaturated/α-hetero) is 1. The normalized spacial score (nSPS) is 10.6. The lowest BCUT2D eigenvalue weighted by Crippen LogP contribution is -2.44. The number of benzene rings is 3. The minimum atomic E-state index is -0.566. The molecule has 136 valence electrons. The molecule has 0 atom stereocenters. The lowest BCUT2D eigenvalue weighted by Gasteiger charge is -2.06. The van der Waals surface area contributed by atoms with Gasteiger partial charge in [0, 0.05) is 5.56 Å². The average Bonchev–Trinajstić information content (AvgIpc) is 2.74. The predicted octanol–water partition coefficient (Wildman–Crippen LogP) is 3.62. The van der Waals surface area contributed by atoms with Crippen LogP contribution in [0.2, 0.25) is 0 Å². The molecule has 0 spiro atoms. The SMILES string of the molecule is O=C(C[n+]1ccncc1C(=O)Oc1ccc2ccccc2c1)c1ccccc1. The molecule has 5 nitrogen and oxygen atoms in total. The summed E-state index contributed by atoms with van der Waals surface area (Å²) in [7, 11) is 0. The highest BCUT2D eigenvalue weighted by Crippen LogP contribution is 2.21. The lowest BCUT2D eigenvalue weighted by molar-refractivity contribution is -0.686. The van der Waals surface area contributed by atoms with Crippen molar-refractivity contribution in [1.29, 1.82) is 0 Å². The first-order valence-electron chi connectivity index (χ1n) is 8.83. The molecule has 4 aromatic rings. The van der Waals surface area contributed by atoms with Crippen LogP contribution in [0.5, 0.6) is 5.75 Å². The van der Waals surface area contributed by atoms with Crippen LogP contribution >= 0.6 is 0 Å². The molecule has 3 aromatic carbocycles. The van der Waals surface area contributed by atoms with Gasteiger partial charge in [0.2, 0.25) is 12.3 Å². The van der Waals surface area contributed by atoms with Gasteiger partial charge in [0.25, 0.3) is 0 Å². The average molecular weight is 369 g/mol. The molecule has 0 amide bonds. The topological polar surface area (TPSA) is 60.1 Å². The molecular formula is C23H17N2O3+. The maximum Gasteiger partial charge on any atom is 0.410 e. The summed E-state index contributed by atoms with van der Waals surface area (Å²) in [6.07, 6.45) is 4.53. The molecule has 1 heterocycles. The van der Waals surface area contributed by atoms with Crippen molar-refractivity contribution in [2.45, 2.75) is 6.54 Å². The molecule has 0 saturated heterocycles. The fourth-order valence-corrected chi connectivity index (χ4v) is 2.96. The number of nitrogens with zero attached hydrogens (tertiary/aromatic N) is 2. The van der Waals surface area contributed by atoms with Crippen molar-refractivity contribution in [1.82, 2.24) is 4.98 Å². The van der Waals surface area contributed by atoms with Crippen LogP contribution in [0.15, 0.2) is 91.4 Å². The van der Waals surface area contributed by atoms with E-state index in [0.717, 1.165) is 10.8 Å². The van der Waals surface area contributed by atoms with E-state index >= 15 is 0 Å². The van der Waals surface area contributed by atoms with E-state index in [4.69, 9.17) is 4.74 Å². The van der Waals surface area contributed by atoms with E-state index in [1.165, 1.54) is 12.4 Å². The zero-order chi connectivity index (χ0) is 19.3. The quantitative estimate of drug-likeness (QED) is 0.233. The summed E-state index contributed by atoms with van der Waals surface area (Å²) < 4.78 is 7.07. The van der Waals surface area contributed by atoms with Crippen LogP contribution in [0.3, 0.4) is 0 Å². The third kappa shape index (κ3) is 3.78. The lowest BCUT2D eigenvalue weighted by atomic mass is 10.1. The first-order chi connectivity index (χ1) is 13.7. The van der Waals surface area contributed by atoms with Gasteiger partial charge in [0.15, 0.2) is 6.20 Å². The van der Waals surface area contributed by atoms with E-state index < -0.39 is 5.97 Å². The standard InChI is InChI=1S/C23H17N2O3/c26-22(18-7-2-1-3-8-18)16-25-13-12-24-15-21(25)23(27)28-20-11-10-17-6-4-5-9-19(17)14-20/h1-15H,16H2/q+1. The first-order valence-corrected chi connectivity index (χ1v) is 8.83. The number of aromatic nitrogens is 2. The van der Waals surface area contributed by atoms with Gasteiger partial charge in [0.1, 0.15) is 11.9 Å². The summed E-state index contributed by atoms with van der Waals surface area (Å²) in [6, 6.07) is 22.2. The van der Waals surface area contributed by atoms with Gasteiger partial charge >= 0.3 is 11.7 Å². The van der Waals surface area contributed by atoms with E-state index in [2.05, 4.69) is 4.98 Å². The number of hydrogen-bond donors (Lipinski definition) is 0. The van der Waals surface area contributed by atoms with Crippen molar-refractivity contribution >= 4 is 22.5 Å². The Morgan fingerprint density at radius 1 is 0.893 bits per heavy atom. The summed E-state index contributed by atoms with van der Waals surface area (Å²) in [4.78, 5) is 29.2. The molecule has 4 rings (SSSR count). The van der Waals surface area contributed by atoms with Gasteiger partial charge in [-0.25, -0.2) is 4.79 Å². The van der Waals surface area contributed by atoms with Gasteiger partial charge in [-0.05, 0) is 22.9 Å². The number of carbonyl (C=O) groups is 2. The largest absolute Gasteiger partial charge is 0.418 e. The fourth-order valence-electron chi connectivity index (χ4n) is 2.96. The summed E-state index contributed by atoms with van der Waals surface area (Å²) >= 11 is 0. The highest BCUT2D eigenvalue weighted by Gasteiger charge is 2.24. The zero-order valence-electron chi connectivity index (χ0n) is 15.0. The third-order valence-electron chi connectivity index (χ3n) is 4.39. The molecule has 1 aromatic heterocycles. The Bertz CT molecular complexity index is 1160. The van der Waals surface area contributed by atoms with Crippen LogP contribution in [-0.4, -0.2) is 16.7 Å². The molecule has 5 heteroatoms. The second-order valence-electron chi connectivity index (χ2n) is 6.28. The number of rotatable bonds is 5. The Balaban J connectivity index is 1.56. The first kappa shape index (κ1) is 17.5. The van der Waals surface area contributed by atoms with Crippen LogP contribution in [0.25, 0.3) is 10.8 Å². The Morgan fingerprint density at radius 2 is 1.64 bits per heavy atom. The van der Waals surface area contributed by atoms with Crippen molar-refractivity contribution in [2.24, 2.45) is 0 Å². The van der Waals surface area contributed by atoms with Gasteiger partial charge < -0.3 is 4.74 Å². The highest BCUT2D eigenvalue weighted by molar-refractivity contribution is 5.95. The second kappa shape index (κ2) is 7.80. The highest BCUT2D eigenvalue weighted by atomic mass is 16.5. The van der Waals surface area contributed by atoms with Crippen LogP contribution < -0.4 is 9.30 Å². The van der Waals surface area contributed by atoms with Crippen molar-refractivity contribution in [3.63, 3.8) is 0 Å². The maximum absolute atomic E-state index is 12.7. The zero-order valence-corrected chi connectivity index (χ0v) is 15.0. The molecule has 0 N–H and O–H groups in total. The molecule has 0 fully saturated rings. The van der Waals surface area contributed by atoms with Crippen molar-refractivity contribution in [3.05, 3.63) is 103 Å². The number of fused-ring (bicyclic) bond motifs is 1. The van der Waals surface area contributed by atoms with Crippen molar-refractivity contribution < 1.29 is 18.9 Å². The van der Waals surface area contributed by atoms with Gasteiger partial charge in [-0.2, -0.15) is 4.57 Å². The van der Waals surface area contributed by atoms with E-state index in [9.17, 15) is 9.59 Å². The Kier molecular flexibility index (Phi) is 4.89. The molecule has 0 aliphatic heterocycles. The summed E-state index contributed by atoms with van der Waals surface area (Å²) in [5, 5.41) is 2.04. The summed E-state index contributed by atoms with van der Waals surface area (Å²) in [6.45, 7) is 0.0225. The van der Waals surface area contributed by atoms with E-state index in [0.29, 0.717) is 11.3 Å². The molecule has 0 unspecified atom stereocenters. The molecule has 0 saturated carbocycles. The molecular weight excluding hydrogens is 352 g/mol. The van der Waals surface area contributed by atoms with Crippen LogP contribution in [0.1, 0.15) is 20.8 Å². The third-order valence-corrected chi connectivity index (χ3v) is 4.39. The second-order valence-corrected chi connectivity index (χ2v) is 6.28. The summed E-state index contributed by atoms with van der Waals surface area (Å²) in [5.41, 5.74) is 0.792. The van der Waals surface area contributed by atoms with Gasteiger partial charge in [-0.1, -0.05) is 60.7 Å². The minimum Gasteiger partial charge on any atom is -0.418 e. The van der Waals surface area contributed by atoms with Gasteiger partial charge in [-0.3, -0.25) is 9.78 Å². The molecule has 0 radical (unpaired) electrons. The Morgan fingerprint density at radius 3 is 2.46 bits per heavy atom. The summed E-state index contributed by atoms with van der Waals surface area (Å²) in [5.74, 6) is -0.228. The maximum atomic E-state index is 12.7. The number of esters is 1. The van der Waals surface area contributed by atoms with Crippen molar-refractivity contribution in [3.8, 4) is 5.75 Å². The smallest absolute Gasteiger partial charge is 0.410 e. The molecule has 0 bridgehead atoms. The Labute approximate surface area is 161 Å². The Hall–Kier alpha value is -3.86. The number of ether oxygens (including phenoxy) is 1. The van der Waals surface area contributed by atoms with Crippen molar-refractivity contribution in [2.75, 3.05) is 0 Å². The molecule has 28 heavy (non-hydrogen) atoms. The van der Waals surface area contributed by atoms with E-state index in [-0.39, 0.29) is 18.0 Å². The van der Waals surface area contributed by atoms with E-state index in [1.54, 1.807) is 41.1 Å². The van der Waals surface area contributed by atoms with Gasteiger partial charge in [-0.15, -0.1) is 0 Å². The molecule has 0 aliphatic carbocycles. The monoisotopic (exact) mass is 369 g/mol. The minimum absolute atomic E-state index is 0.0225. The van der Waals surface area contributed by atoms with Gasteiger partial charge in [0.05, 0.1) is 6.20 Å². The van der Waals surface area contributed by atoms with Crippen LogP contribution in [0, 0.1) is 0 Å². The number of carbonyl (C=O) groups excluding carboxylic acids is 2. The molecule has 0 aliphatic rings. The number of ketones is 1.